The van der Waals surface area contributed by atoms with Gasteiger partial charge in [-0.3, -0.25) is 14.4 Å². The molecule has 0 bridgehead atoms. The van der Waals surface area contributed by atoms with Crippen LogP contribution in [0.3, 0.4) is 0 Å². The summed E-state index contributed by atoms with van der Waals surface area (Å²) in [6.07, 6.45) is 3.97. The first-order valence-corrected chi connectivity index (χ1v) is 10.8. The van der Waals surface area contributed by atoms with Gasteiger partial charge in [-0.1, -0.05) is 13.8 Å². The van der Waals surface area contributed by atoms with Gasteiger partial charge in [0.05, 0.1) is 12.4 Å². The van der Waals surface area contributed by atoms with E-state index in [1.807, 2.05) is 0 Å². The molecular weight excluding hydrogens is 424 g/mol. The number of imidazole rings is 1. The number of H-pyrrole nitrogens is 1. The highest BCUT2D eigenvalue weighted by Gasteiger charge is 2.38. The van der Waals surface area contributed by atoms with Crippen molar-refractivity contribution in [3.05, 3.63) is 18.2 Å². The van der Waals surface area contributed by atoms with Crippen LogP contribution in [0.25, 0.3) is 0 Å². The Morgan fingerprint density at radius 3 is 2.52 bits per heavy atom. The monoisotopic (exact) mass is 454 g/mol. The first-order valence-electron chi connectivity index (χ1n) is 10.1. The van der Waals surface area contributed by atoms with Crippen molar-refractivity contribution >= 4 is 36.3 Å². The van der Waals surface area contributed by atoms with E-state index in [1.54, 1.807) is 13.8 Å². The normalized spacial score (nSPS) is 19.0. The summed E-state index contributed by atoms with van der Waals surface area (Å²) in [5, 5.41) is 14.6. The number of aliphatic carboxylic acids is 1. The molecule has 172 valence electrons. The van der Waals surface area contributed by atoms with Crippen molar-refractivity contribution < 1.29 is 24.3 Å². The Kier molecular flexibility index (Phi) is 8.87. The molecular formula is C19H30N6O5S. The van der Waals surface area contributed by atoms with Crippen LogP contribution < -0.4 is 16.4 Å². The van der Waals surface area contributed by atoms with Crippen LogP contribution in [0.5, 0.6) is 0 Å². The van der Waals surface area contributed by atoms with Crippen LogP contribution >= 0.6 is 12.6 Å². The first kappa shape index (κ1) is 24.7. The molecule has 4 unspecified atom stereocenters. The Labute approximate surface area is 185 Å². The van der Waals surface area contributed by atoms with Crippen molar-refractivity contribution in [1.82, 2.24) is 25.5 Å². The third-order valence-electron chi connectivity index (χ3n) is 5.25. The number of carbonyl (C=O) groups is 4. The second-order valence-corrected chi connectivity index (χ2v) is 8.25. The van der Waals surface area contributed by atoms with E-state index in [4.69, 9.17) is 5.73 Å². The number of nitrogens with one attached hydrogen (secondary N) is 3. The highest BCUT2D eigenvalue weighted by atomic mass is 32.1. The molecule has 0 radical (unpaired) electrons. The molecule has 2 heterocycles. The fraction of sp³-hybridized carbons (Fsp3) is 0.632. The summed E-state index contributed by atoms with van der Waals surface area (Å²) < 4.78 is 0. The van der Waals surface area contributed by atoms with E-state index >= 15 is 0 Å². The molecule has 2 rings (SSSR count). The SMILES string of the molecule is CC(C)C(N)C(=O)NC(CS)C(=O)NC(Cc1cnc[nH]1)C(=O)N1CCCC1C(=O)O. The van der Waals surface area contributed by atoms with Gasteiger partial charge in [0, 0.05) is 30.6 Å². The molecule has 0 aromatic carbocycles. The van der Waals surface area contributed by atoms with Crippen LogP contribution in [-0.2, 0) is 25.6 Å². The van der Waals surface area contributed by atoms with Gasteiger partial charge in [0.25, 0.3) is 0 Å². The molecule has 11 nitrogen and oxygen atoms in total. The molecule has 6 N–H and O–H groups in total. The van der Waals surface area contributed by atoms with Gasteiger partial charge in [0.1, 0.15) is 18.1 Å². The predicted octanol–water partition coefficient (Wildman–Crippen LogP) is -1.09. The summed E-state index contributed by atoms with van der Waals surface area (Å²) in [5.74, 6) is -2.82. The lowest BCUT2D eigenvalue weighted by Crippen LogP contribution is -2.58. The topological polar surface area (TPSA) is 171 Å². The number of hydrogen-bond acceptors (Lipinski definition) is 7. The molecule has 3 amide bonds. The fourth-order valence-electron chi connectivity index (χ4n) is 3.34. The molecule has 12 heteroatoms. The van der Waals surface area contributed by atoms with Crippen molar-refractivity contribution in [3.8, 4) is 0 Å². The zero-order valence-electron chi connectivity index (χ0n) is 17.6. The van der Waals surface area contributed by atoms with Gasteiger partial charge in [-0.15, -0.1) is 0 Å². The standard InChI is InChI=1S/C19H30N6O5S/c1-10(2)15(20)17(27)24-13(8-31)16(26)23-12(6-11-7-21-9-22-11)18(28)25-5-3-4-14(25)19(29)30/h7,9-10,12-15,31H,3-6,8,20H2,1-2H3,(H,21,22)(H,23,26)(H,24,27)(H,29,30). The largest absolute Gasteiger partial charge is 0.480 e. The minimum Gasteiger partial charge on any atom is -0.480 e. The van der Waals surface area contributed by atoms with E-state index in [2.05, 4.69) is 33.2 Å². The van der Waals surface area contributed by atoms with E-state index in [9.17, 15) is 24.3 Å². The molecule has 1 saturated heterocycles. The third-order valence-corrected chi connectivity index (χ3v) is 5.62. The van der Waals surface area contributed by atoms with Gasteiger partial charge >= 0.3 is 5.97 Å². The summed E-state index contributed by atoms with van der Waals surface area (Å²) in [5.41, 5.74) is 6.43. The number of nitrogens with two attached hydrogens (primary N) is 1. The lowest BCUT2D eigenvalue weighted by atomic mass is 10.0. The number of carboxylic acid groups (broad SMARTS) is 1. The predicted molar refractivity (Wildman–Crippen MR) is 115 cm³/mol. The number of aromatic amines is 1. The van der Waals surface area contributed by atoms with Gasteiger partial charge in [-0.05, 0) is 18.8 Å². The molecule has 4 atom stereocenters. The Morgan fingerprint density at radius 2 is 1.97 bits per heavy atom. The number of carboxylic acids is 1. The quantitative estimate of drug-likeness (QED) is 0.244. The molecule has 1 aliphatic rings. The molecule has 0 aliphatic carbocycles. The number of likely N-dealkylation sites (tertiary alicyclic amines) is 1. The Bertz CT molecular complexity index is 787. The van der Waals surface area contributed by atoms with Gasteiger partial charge in [0.15, 0.2) is 0 Å². The molecule has 1 fully saturated rings. The first-order chi connectivity index (χ1) is 14.6. The van der Waals surface area contributed by atoms with Crippen molar-refractivity contribution in [3.63, 3.8) is 0 Å². The summed E-state index contributed by atoms with van der Waals surface area (Å²) in [7, 11) is 0. The van der Waals surface area contributed by atoms with Gasteiger partial charge in [-0.2, -0.15) is 12.6 Å². The minimum atomic E-state index is -1.08. The highest BCUT2D eigenvalue weighted by Crippen LogP contribution is 2.19. The molecule has 1 aromatic rings. The maximum atomic E-state index is 13.1. The van der Waals surface area contributed by atoms with E-state index in [0.717, 1.165) is 0 Å². The van der Waals surface area contributed by atoms with E-state index < -0.39 is 47.9 Å². The number of nitrogens with zero attached hydrogens (tertiary/aromatic N) is 2. The van der Waals surface area contributed by atoms with Gasteiger partial charge in [0.2, 0.25) is 17.7 Å². The number of rotatable bonds is 10. The average Bonchev–Trinajstić information content (AvgIpc) is 3.41. The number of amides is 3. The minimum absolute atomic E-state index is 0.00514. The van der Waals surface area contributed by atoms with Crippen LogP contribution in [0.4, 0.5) is 0 Å². The molecule has 1 aliphatic heterocycles. The van der Waals surface area contributed by atoms with E-state index in [-0.39, 0.29) is 18.1 Å². The summed E-state index contributed by atoms with van der Waals surface area (Å²) in [6.45, 7) is 3.86. The molecule has 0 saturated carbocycles. The number of thiol groups is 1. The van der Waals surface area contributed by atoms with Crippen molar-refractivity contribution in [2.24, 2.45) is 11.7 Å². The lowest BCUT2D eigenvalue weighted by Gasteiger charge is -2.28. The number of hydrogen-bond donors (Lipinski definition) is 6. The lowest BCUT2D eigenvalue weighted by molar-refractivity contribution is -0.149. The Morgan fingerprint density at radius 1 is 1.29 bits per heavy atom. The van der Waals surface area contributed by atoms with Crippen LogP contribution in [0, 0.1) is 5.92 Å². The molecule has 31 heavy (non-hydrogen) atoms. The van der Waals surface area contributed by atoms with Crippen molar-refractivity contribution in [2.75, 3.05) is 12.3 Å². The van der Waals surface area contributed by atoms with Crippen LogP contribution in [0.15, 0.2) is 12.5 Å². The second-order valence-electron chi connectivity index (χ2n) is 7.88. The van der Waals surface area contributed by atoms with Crippen molar-refractivity contribution in [1.29, 1.82) is 0 Å². The van der Waals surface area contributed by atoms with Crippen LogP contribution in [0.2, 0.25) is 0 Å². The van der Waals surface area contributed by atoms with Crippen LogP contribution in [0.1, 0.15) is 32.4 Å². The molecule has 0 spiro atoms. The maximum absolute atomic E-state index is 13.1. The summed E-state index contributed by atoms with van der Waals surface area (Å²) >= 11 is 4.14. The van der Waals surface area contributed by atoms with Crippen molar-refractivity contribution in [2.45, 2.75) is 57.3 Å². The Hall–Kier alpha value is -2.60. The van der Waals surface area contributed by atoms with E-state index in [0.29, 0.717) is 25.1 Å². The smallest absolute Gasteiger partial charge is 0.326 e. The number of aromatic nitrogens is 2. The van der Waals surface area contributed by atoms with Gasteiger partial charge in [-0.25, -0.2) is 9.78 Å². The zero-order chi connectivity index (χ0) is 23.1. The average molecular weight is 455 g/mol. The molecule has 1 aromatic heterocycles. The van der Waals surface area contributed by atoms with E-state index in [1.165, 1.54) is 17.4 Å². The fourth-order valence-corrected chi connectivity index (χ4v) is 3.60. The summed E-state index contributed by atoms with van der Waals surface area (Å²) in [6, 6.07) is -3.77. The third kappa shape index (κ3) is 6.44. The highest BCUT2D eigenvalue weighted by molar-refractivity contribution is 7.80. The van der Waals surface area contributed by atoms with Crippen LogP contribution in [-0.4, -0.2) is 80.1 Å². The Balaban J connectivity index is 2.15. The second kappa shape index (κ2) is 11.1. The van der Waals surface area contributed by atoms with Gasteiger partial charge < -0.3 is 31.4 Å². The maximum Gasteiger partial charge on any atom is 0.326 e. The zero-order valence-corrected chi connectivity index (χ0v) is 18.5. The summed E-state index contributed by atoms with van der Waals surface area (Å²) in [4.78, 5) is 57.8. The number of carbonyl (C=O) groups excluding carboxylic acids is 3.